The molecule has 2 rings (SSSR count). The fourth-order valence-electron chi connectivity index (χ4n) is 4.32. The highest BCUT2D eigenvalue weighted by Gasteiger charge is 2.64. The normalized spacial score (nSPS) is 27.9. The first-order valence-electron chi connectivity index (χ1n) is 8.64. The minimum absolute atomic E-state index is 0.112. The molecule has 0 saturated heterocycles. The van der Waals surface area contributed by atoms with Crippen LogP contribution < -0.4 is 0 Å². The third-order valence-electron chi connectivity index (χ3n) is 5.74. The van der Waals surface area contributed by atoms with Gasteiger partial charge in [-0.25, -0.2) is 0 Å². The van der Waals surface area contributed by atoms with Crippen LogP contribution in [-0.4, -0.2) is 36.4 Å². The van der Waals surface area contributed by atoms with Crippen molar-refractivity contribution in [3.05, 3.63) is 0 Å². The van der Waals surface area contributed by atoms with E-state index in [9.17, 15) is 26.0 Å². The highest BCUT2D eigenvalue weighted by Crippen LogP contribution is 2.52. The Morgan fingerprint density at radius 2 is 1.72 bits per heavy atom. The van der Waals surface area contributed by atoms with Gasteiger partial charge in [0.15, 0.2) is 0 Å². The second-order valence-electron chi connectivity index (χ2n) is 7.89. The van der Waals surface area contributed by atoms with Crippen LogP contribution in [0.5, 0.6) is 0 Å². The Morgan fingerprint density at radius 3 is 2.20 bits per heavy atom. The molecule has 9 heteroatoms. The van der Waals surface area contributed by atoms with Crippen molar-refractivity contribution in [1.29, 1.82) is 0 Å². The number of unbranched alkanes of at least 4 members (excludes halogenated alkanes) is 1. The SMILES string of the molecule is CC(C)(OCCCCC(F)(F)C(F)(F)S(=O)(=O)O)C1CC2CCC1C2. The summed E-state index contributed by atoms with van der Waals surface area (Å²) in [5.41, 5.74) is -0.388. The molecule has 25 heavy (non-hydrogen) atoms. The van der Waals surface area contributed by atoms with Crippen molar-refractivity contribution in [3.63, 3.8) is 0 Å². The number of fused-ring (bicyclic) bond motifs is 2. The van der Waals surface area contributed by atoms with Crippen LogP contribution in [0, 0.1) is 17.8 Å². The van der Waals surface area contributed by atoms with E-state index >= 15 is 0 Å². The van der Waals surface area contributed by atoms with E-state index in [1.54, 1.807) is 0 Å². The molecule has 148 valence electrons. The van der Waals surface area contributed by atoms with Gasteiger partial charge in [-0.1, -0.05) is 6.42 Å². The number of hydrogen-bond acceptors (Lipinski definition) is 3. The lowest BCUT2D eigenvalue weighted by Crippen LogP contribution is -2.46. The first-order chi connectivity index (χ1) is 11.3. The number of halogens is 4. The summed E-state index contributed by atoms with van der Waals surface area (Å²) in [5, 5.41) is -5.48. The van der Waals surface area contributed by atoms with Crippen molar-refractivity contribution in [2.75, 3.05) is 6.61 Å². The second-order valence-corrected chi connectivity index (χ2v) is 9.35. The first-order valence-corrected chi connectivity index (χ1v) is 10.1. The summed E-state index contributed by atoms with van der Waals surface area (Å²) in [6.07, 6.45) is 3.22. The Kier molecular flexibility index (Phi) is 5.82. The predicted octanol–water partition coefficient (Wildman–Crippen LogP) is 4.50. The molecule has 2 fully saturated rings. The van der Waals surface area contributed by atoms with Crippen LogP contribution in [-0.2, 0) is 14.9 Å². The van der Waals surface area contributed by atoms with Crippen LogP contribution in [0.1, 0.15) is 58.8 Å². The Hall–Kier alpha value is -0.410. The Labute approximate surface area is 146 Å². The number of ether oxygens (including phenoxy) is 1. The maximum Gasteiger partial charge on any atom is 0.431 e. The van der Waals surface area contributed by atoms with Crippen LogP contribution in [0.2, 0.25) is 0 Å². The lowest BCUT2D eigenvalue weighted by molar-refractivity contribution is -0.165. The van der Waals surface area contributed by atoms with Gasteiger partial charge >= 0.3 is 21.3 Å². The molecular weight excluding hydrogens is 364 g/mol. The van der Waals surface area contributed by atoms with Crippen molar-refractivity contribution < 1.29 is 35.3 Å². The highest BCUT2D eigenvalue weighted by atomic mass is 32.2. The number of hydrogen-bond donors (Lipinski definition) is 1. The molecule has 0 aromatic heterocycles. The molecule has 1 N–H and O–H groups in total. The molecule has 3 unspecified atom stereocenters. The summed E-state index contributed by atoms with van der Waals surface area (Å²) in [7, 11) is -6.16. The molecule has 0 amide bonds. The topological polar surface area (TPSA) is 63.6 Å². The molecule has 0 radical (unpaired) electrons. The molecule has 0 aromatic rings. The third kappa shape index (κ3) is 4.30. The van der Waals surface area contributed by atoms with E-state index in [4.69, 9.17) is 9.29 Å². The summed E-state index contributed by atoms with van der Waals surface area (Å²) >= 11 is 0. The minimum atomic E-state index is -6.16. The van der Waals surface area contributed by atoms with Crippen LogP contribution in [0.25, 0.3) is 0 Å². The van der Waals surface area contributed by atoms with Crippen molar-refractivity contribution in [3.8, 4) is 0 Å². The average Bonchev–Trinajstić information content (AvgIpc) is 3.08. The van der Waals surface area contributed by atoms with Crippen molar-refractivity contribution >= 4 is 10.1 Å². The maximum absolute atomic E-state index is 13.4. The molecule has 0 aliphatic heterocycles. The first kappa shape index (κ1) is 20.9. The molecule has 2 saturated carbocycles. The van der Waals surface area contributed by atoms with Gasteiger partial charge in [-0.3, -0.25) is 4.55 Å². The van der Waals surface area contributed by atoms with Gasteiger partial charge < -0.3 is 4.74 Å². The van der Waals surface area contributed by atoms with E-state index in [1.165, 1.54) is 19.3 Å². The standard InChI is InChI=1S/C16H26F4O4S/c1-14(2,13-10-11-5-6-12(13)9-11)24-8-4-3-7-15(17,18)16(19,20)25(21,22)23/h11-13H,3-10H2,1-2H3,(H,21,22,23). The molecule has 2 aliphatic rings. The molecule has 3 atom stereocenters. The van der Waals surface area contributed by atoms with Crippen LogP contribution >= 0.6 is 0 Å². The van der Waals surface area contributed by atoms with Crippen LogP contribution in [0.15, 0.2) is 0 Å². The van der Waals surface area contributed by atoms with Gasteiger partial charge in [0.2, 0.25) is 0 Å². The van der Waals surface area contributed by atoms with Crippen LogP contribution in [0.3, 0.4) is 0 Å². The lowest BCUT2D eigenvalue weighted by Gasteiger charge is -2.37. The summed E-state index contributed by atoms with van der Waals surface area (Å²) in [6.45, 7) is 4.09. The molecule has 0 aromatic carbocycles. The molecule has 0 spiro atoms. The van der Waals surface area contributed by atoms with Gasteiger partial charge in [-0.2, -0.15) is 26.0 Å². The van der Waals surface area contributed by atoms with E-state index in [0.29, 0.717) is 11.8 Å². The Balaban J connectivity index is 1.76. The van der Waals surface area contributed by atoms with E-state index in [-0.39, 0.29) is 25.0 Å². The fraction of sp³-hybridized carbons (Fsp3) is 1.00. The van der Waals surface area contributed by atoms with Crippen molar-refractivity contribution in [2.45, 2.75) is 75.6 Å². The summed E-state index contributed by atoms with van der Waals surface area (Å²) in [6, 6.07) is 0. The minimum Gasteiger partial charge on any atom is -0.375 e. The highest BCUT2D eigenvalue weighted by molar-refractivity contribution is 7.87. The Bertz CT molecular complexity index is 577. The number of alkyl halides is 4. The predicted molar refractivity (Wildman–Crippen MR) is 84.3 cm³/mol. The third-order valence-corrected chi connectivity index (χ3v) is 6.69. The van der Waals surface area contributed by atoms with Gasteiger partial charge in [0, 0.05) is 13.0 Å². The van der Waals surface area contributed by atoms with Gasteiger partial charge in [0.1, 0.15) is 0 Å². The zero-order valence-corrected chi connectivity index (χ0v) is 15.3. The van der Waals surface area contributed by atoms with Gasteiger partial charge in [0.05, 0.1) is 5.60 Å². The second kappa shape index (κ2) is 6.96. The largest absolute Gasteiger partial charge is 0.431 e. The molecule has 4 nitrogen and oxygen atoms in total. The quantitative estimate of drug-likeness (QED) is 0.358. The monoisotopic (exact) mass is 390 g/mol. The van der Waals surface area contributed by atoms with Crippen molar-refractivity contribution in [1.82, 2.24) is 0 Å². The van der Waals surface area contributed by atoms with Gasteiger partial charge in [-0.05, 0) is 63.7 Å². The summed E-state index contributed by atoms with van der Waals surface area (Å²) in [4.78, 5) is 0. The fourth-order valence-corrected chi connectivity index (χ4v) is 4.80. The van der Waals surface area contributed by atoms with Crippen LogP contribution in [0.4, 0.5) is 17.6 Å². The Morgan fingerprint density at radius 1 is 1.08 bits per heavy atom. The average molecular weight is 390 g/mol. The zero-order chi connectivity index (χ0) is 19.1. The summed E-state index contributed by atoms with van der Waals surface area (Å²) < 4.78 is 87.9. The molecule has 2 aliphatic carbocycles. The smallest absolute Gasteiger partial charge is 0.375 e. The van der Waals surface area contributed by atoms with E-state index in [1.807, 2.05) is 13.8 Å². The van der Waals surface area contributed by atoms with E-state index < -0.39 is 27.7 Å². The molecule has 0 heterocycles. The summed E-state index contributed by atoms with van der Waals surface area (Å²) in [5.74, 6) is -3.01. The molecule has 2 bridgehead atoms. The van der Waals surface area contributed by atoms with Gasteiger partial charge in [0.25, 0.3) is 0 Å². The lowest BCUT2D eigenvalue weighted by atomic mass is 9.78. The van der Waals surface area contributed by atoms with Gasteiger partial charge in [-0.15, -0.1) is 0 Å². The van der Waals surface area contributed by atoms with E-state index in [2.05, 4.69) is 0 Å². The zero-order valence-electron chi connectivity index (χ0n) is 14.5. The maximum atomic E-state index is 13.4. The van der Waals surface area contributed by atoms with E-state index in [0.717, 1.165) is 12.3 Å². The van der Waals surface area contributed by atoms with Crippen molar-refractivity contribution in [2.24, 2.45) is 17.8 Å². The number of rotatable bonds is 9. The molecular formula is C16H26F4O4S.